The smallest absolute Gasteiger partial charge is 0.315 e. The lowest BCUT2D eigenvalue weighted by Crippen LogP contribution is -2.39. The van der Waals surface area contributed by atoms with E-state index in [0.717, 1.165) is 12.0 Å². The van der Waals surface area contributed by atoms with E-state index in [4.69, 9.17) is 0 Å². The van der Waals surface area contributed by atoms with Gasteiger partial charge in [-0.25, -0.2) is 4.79 Å². The fourth-order valence-electron chi connectivity index (χ4n) is 3.15. The average Bonchev–Trinajstić information content (AvgIpc) is 3.41. The lowest BCUT2D eigenvalue weighted by Gasteiger charge is -2.18. The van der Waals surface area contributed by atoms with Gasteiger partial charge >= 0.3 is 6.03 Å². The number of urea groups is 1. The van der Waals surface area contributed by atoms with Crippen molar-refractivity contribution in [1.82, 2.24) is 10.6 Å². The lowest BCUT2D eigenvalue weighted by atomic mass is 10.0. The molecule has 1 fully saturated rings. The third kappa shape index (κ3) is 4.36. The standard InChI is InChI=1S/C20H24N2O2/c23-12-11-19(16-9-5-2-6-10-16)22-20(24)21-14-17-13-18(17)15-7-3-1-4-8-15/h1-10,17-19,23H,11-14H2,(H2,21,22,24)/t17?,18?,19-/m1/s1. The van der Waals surface area contributed by atoms with Crippen molar-refractivity contribution in [2.24, 2.45) is 5.92 Å². The Kier molecular flexibility index (Phi) is 5.49. The minimum atomic E-state index is -0.170. The Balaban J connectivity index is 1.47. The van der Waals surface area contributed by atoms with E-state index in [1.54, 1.807) is 0 Å². The molecule has 4 heteroatoms. The zero-order valence-corrected chi connectivity index (χ0v) is 13.7. The van der Waals surface area contributed by atoms with E-state index in [1.165, 1.54) is 5.56 Å². The summed E-state index contributed by atoms with van der Waals surface area (Å²) in [4.78, 5) is 12.2. The van der Waals surface area contributed by atoms with Crippen LogP contribution in [0.3, 0.4) is 0 Å². The van der Waals surface area contributed by atoms with Crippen LogP contribution in [0, 0.1) is 5.92 Å². The molecule has 0 aromatic heterocycles. The van der Waals surface area contributed by atoms with Gasteiger partial charge in [0.2, 0.25) is 0 Å². The predicted octanol–water partition coefficient (Wildman–Crippen LogP) is 3.21. The number of nitrogens with one attached hydrogen (secondary N) is 2. The quantitative estimate of drug-likeness (QED) is 0.732. The van der Waals surface area contributed by atoms with Crippen molar-refractivity contribution in [3.05, 3.63) is 71.8 Å². The second-order valence-corrected chi connectivity index (χ2v) is 6.34. The fraction of sp³-hybridized carbons (Fsp3) is 0.350. The minimum Gasteiger partial charge on any atom is -0.396 e. The normalized spacial score (nSPS) is 20.2. The number of aliphatic hydroxyl groups excluding tert-OH is 1. The number of amides is 2. The highest BCUT2D eigenvalue weighted by Crippen LogP contribution is 2.46. The number of carbonyl (C=O) groups is 1. The van der Waals surface area contributed by atoms with Crippen molar-refractivity contribution >= 4 is 6.03 Å². The molecule has 3 N–H and O–H groups in total. The van der Waals surface area contributed by atoms with Gasteiger partial charge in [-0.05, 0) is 35.8 Å². The molecule has 1 aliphatic rings. The van der Waals surface area contributed by atoms with Crippen LogP contribution in [0.2, 0.25) is 0 Å². The molecule has 0 saturated heterocycles. The fourth-order valence-corrected chi connectivity index (χ4v) is 3.15. The number of benzene rings is 2. The van der Waals surface area contributed by atoms with E-state index in [0.29, 0.717) is 24.8 Å². The van der Waals surface area contributed by atoms with E-state index in [2.05, 4.69) is 34.9 Å². The summed E-state index contributed by atoms with van der Waals surface area (Å²) in [6.45, 7) is 0.727. The van der Waals surface area contributed by atoms with Crippen LogP contribution >= 0.6 is 0 Å². The Morgan fingerprint density at radius 3 is 2.42 bits per heavy atom. The molecule has 1 saturated carbocycles. The summed E-state index contributed by atoms with van der Waals surface area (Å²) in [5.41, 5.74) is 2.36. The molecular formula is C20H24N2O2. The van der Waals surface area contributed by atoms with Crippen molar-refractivity contribution in [1.29, 1.82) is 0 Å². The molecule has 3 rings (SSSR count). The molecular weight excluding hydrogens is 300 g/mol. The maximum absolute atomic E-state index is 12.2. The van der Waals surface area contributed by atoms with Crippen LogP contribution in [0.5, 0.6) is 0 Å². The SMILES string of the molecule is O=C(NCC1CC1c1ccccc1)N[C@H](CCO)c1ccccc1. The van der Waals surface area contributed by atoms with Gasteiger partial charge in [-0.3, -0.25) is 0 Å². The Bertz CT molecular complexity index is 645. The van der Waals surface area contributed by atoms with Crippen LogP contribution < -0.4 is 10.6 Å². The maximum atomic E-state index is 12.2. The molecule has 126 valence electrons. The summed E-state index contributed by atoms with van der Waals surface area (Å²) in [5, 5.41) is 15.2. The van der Waals surface area contributed by atoms with Gasteiger partial charge in [-0.15, -0.1) is 0 Å². The van der Waals surface area contributed by atoms with Crippen molar-refractivity contribution in [2.45, 2.75) is 24.8 Å². The number of hydrogen-bond acceptors (Lipinski definition) is 2. The molecule has 2 aromatic carbocycles. The first-order valence-corrected chi connectivity index (χ1v) is 8.53. The predicted molar refractivity (Wildman–Crippen MR) is 94.7 cm³/mol. The third-order valence-corrected chi connectivity index (χ3v) is 4.60. The Hall–Kier alpha value is -2.33. The van der Waals surface area contributed by atoms with Crippen molar-refractivity contribution in [3.8, 4) is 0 Å². The van der Waals surface area contributed by atoms with Crippen LogP contribution in [0.4, 0.5) is 4.79 Å². The maximum Gasteiger partial charge on any atom is 0.315 e. The van der Waals surface area contributed by atoms with E-state index < -0.39 is 0 Å². The highest BCUT2D eigenvalue weighted by Gasteiger charge is 2.38. The molecule has 3 atom stereocenters. The number of rotatable bonds is 7. The molecule has 2 amide bonds. The number of aliphatic hydroxyl groups is 1. The summed E-state index contributed by atoms with van der Waals surface area (Å²) in [5.74, 6) is 1.08. The van der Waals surface area contributed by atoms with Gasteiger partial charge in [0.15, 0.2) is 0 Å². The van der Waals surface area contributed by atoms with Crippen molar-refractivity contribution in [3.63, 3.8) is 0 Å². The first-order chi connectivity index (χ1) is 11.8. The van der Waals surface area contributed by atoms with Crippen LogP contribution in [0.25, 0.3) is 0 Å². The van der Waals surface area contributed by atoms with E-state index >= 15 is 0 Å². The summed E-state index contributed by atoms with van der Waals surface area (Å²) in [7, 11) is 0. The van der Waals surface area contributed by atoms with E-state index in [-0.39, 0.29) is 18.7 Å². The largest absolute Gasteiger partial charge is 0.396 e. The molecule has 1 aliphatic carbocycles. The minimum absolute atomic E-state index is 0.0402. The van der Waals surface area contributed by atoms with Gasteiger partial charge in [0.1, 0.15) is 0 Å². The topological polar surface area (TPSA) is 61.4 Å². The van der Waals surface area contributed by atoms with Gasteiger partial charge < -0.3 is 15.7 Å². The van der Waals surface area contributed by atoms with Crippen LogP contribution in [-0.2, 0) is 0 Å². The second kappa shape index (κ2) is 7.97. The summed E-state index contributed by atoms with van der Waals surface area (Å²) in [6, 6.07) is 19.9. The average molecular weight is 324 g/mol. The van der Waals surface area contributed by atoms with Crippen LogP contribution in [0.15, 0.2) is 60.7 Å². The van der Waals surface area contributed by atoms with Crippen LogP contribution in [0.1, 0.15) is 35.9 Å². The van der Waals surface area contributed by atoms with Crippen LogP contribution in [-0.4, -0.2) is 24.3 Å². The highest BCUT2D eigenvalue weighted by atomic mass is 16.3. The molecule has 2 aromatic rings. The van der Waals surface area contributed by atoms with Gasteiger partial charge in [0, 0.05) is 13.2 Å². The van der Waals surface area contributed by atoms with Gasteiger partial charge in [-0.2, -0.15) is 0 Å². The molecule has 2 unspecified atom stereocenters. The molecule has 4 nitrogen and oxygen atoms in total. The summed E-state index contributed by atoms with van der Waals surface area (Å²) < 4.78 is 0. The summed E-state index contributed by atoms with van der Waals surface area (Å²) in [6.07, 6.45) is 1.64. The Morgan fingerprint density at radius 2 is 1.75 bits per heavy atom. The molecule has 24 heavy (non-hydrogen) atoms. The van der Waals surface area contributed by atoms with E-state index in [9.17, 15) is 9.90 Å². The molecule has 0 spiro atoms. The highest BCUT2D eigenvalue weighted by molar-refractivity contribution is 5.74. The third-order valence-electron chi connectivity index (χ3n) is 4.60. The van der Waals surface area contributed by atoms with Gasteiger partial charge in [-0.1, -0.05) is 60.7 Å². The lowest BCUT2D eigenvalue weighted by molar-refractivity contribution is 0.229. The molecule has 0 radical (unpaired) electrons. The monoisotopic (exact) mass is 324 g/mol. The first kappa shape index (κ1) is 16.5. The Morgan fingerprint density at radius 1 is 1.08 bits per heavy atom. The van der Waals surface area contributed by atoms with Crippen molar-refractivity contribution in [2.75, 3.05) is 13.2 Å². The second-order valence-electron chi connectivity index (χ2n) is 6.34. The first-order valence-electron chi connectivity index (χ1n) is 8.53. The van der Waals surface area contributed by atoms with Crippen molar-refractivity contribution < 1.29 is 9.90 Å². The molecule has 0 heterocycles. The number of hydrogen-bond donors (Lipinski definition) is 3. The Labute approximate surface area is 142 Å². The van der Waals surface area contributed by atoms with E-state index in [1.807, 2.05) is 36.4 Å². The zero-order valence-electron chi connectivity index (χ0n) is 13.7. The number of carbonyl (C=O) groups excluding carboxylic acids is 1. The van der Waals surface area contributed by atoms with Gasteiger partial charge in [0.25, 0.3) is 0 Å². The van der Waals surface area contributed by atoms with Gasteiger partial charge in [0.05, 0.1) is 6.04 Å². The molecule has 0 aliphatic heterocycles. The molecule has 0 bridgehead atoms. The summed E-state index contributed by atoms with van der Waals surface area (Å²) >= 11 is 0. The zero-order chi connectivity index (χ0) is 16.8.